The second kappa shape index (κ2) is 8.44. The number of anilines is 2. The van der Waals surface area contributed by atoms with Crippen LogP contribution in [0, 0.1) is 6.92 Å². The molecule has 1 N–H and O–H groups in total. The first kappa shape index (κ1) is 21.2. The number of nitrogens with zero attached hydrogens (tertiary/aromatic N) is 1. The number of ether oxygens (including phenoxy) is 1. The van der Waals surface area contributed by atoms with Crippen LogP contribution < -0.4 is 14.4 Å². The summed E-state index contributed by atoms with van der Waals surface area (Å²) >= 11 is 7.14. The molecule has 0 atom stereocenters. The van der Waals surface area contributed by atoms with Crippen molar-refractivity contribution in [2.75, 3.05) is 23.8 Å². The minimum absolute atomic E-state index is 0.0531. The number of hydrogen-bond acceptors (Lipinski definition) is 5. The zero-order valence-corrected chi connectivity index (χ0v) is 18.4. The number of rotatable bonds is 6. The predicted molar refractivity (Wildman–Crippen MR) is 117 cm³/mol. The zero-order valence-electron chi connectivity index (χ0n) is 16.0. The molecule has 3 rings (SSSR count). The van der Waals surface area contributed by atoms with Crippen molar-refractivity contribution in [2.45, 2.75) is 11.8 Å². The highest BCUT2D eigenvalue weighted by Crippen LogP contribution is 2.30. The highest BCUT2D eigenvalue weighted by atomic mass is 35.5. The normalized spacial score (nSPS) is 11.2. The van der Waals surface area contributed by atoms with Crippen molar-refractivity contribution in [2.24, 2.45) is 0 Å². The Hall–Kier alpha value is -2.55. The molecule has 0 aliphatic rings. The maximum absolute atomic E-state index is 13.1. The number of methoxy groups -OCH3 is 1. The Morgan fingerprint density at radius 3 is 2.45 bits per heavy atom. The Morgan fingerprint density at radius 1 is 1.14 bits per heavy atom. The Labute approximate surface area is 178 Å². The fourth-order valence-corrected chi connectivity index (χ4v) is 5.39. The molecule has 0 saturated heterocycles. The summed E-state index contributed by atoms with van der Waals surface area (Å²) in [5.74, 6) is -0.0547. The third-order valence-electron chi connectivity index (χ3n) is 4.28. The topological polar surface area (TPSA) is 75.7 Å². The Bertz CT molecular complexity index is 1140. The van der Waals surface area contributed by atoms with Crippen molar-refractivity contribution < 1.29 is 17.9 Å². The van der Waals surface area contributed by atoms with Gasteiger partial charge in [0.15, 0.2) is 0 Å². The van der Waals surface area contributed by atoms with E-state index in [4.69, 9.17) is 16.3 Å². The molecule has 0 radical (unpaired) electrons. The lowest BCUT2D eigenvalue weighted by molar-refractivity contribution is 0.102. The fourth-order valence-electron chi connectivity index (χ4n) is 2.64. The quantitative estimate of drug-likeness (QED) is 0.585. The van der Waals surface area contributed by atoms with Gasteiger partial charge in [-0.25, -0.2) is 8.42 Å². The van der Waals surface area contributed by atoms with E-state index in [2.05, 4.69) is 5.32 Å². The van der Waals surface area contributed by atoms with Crippen LogP contribution in [0.25, 0.3) is 0 Å². The van der Waals surface area contributed by atoms with Crippen molar-refractivity contribution in [1.82, 2.24) is 0 Å². The zero-order chi connectivity index (χ0) is 21.2. The first-order valence-electron chi connectivity index (χ1n) is 8.52. The van der Waals surface area contributed by atoms with E-state index < -0.39 is 15.9 Å². The standard InChI is InChI=1S/C20H19ClN2O4S2/c1-13-4-7-15(8-5-13)23(2)29(25,26)18-10-11-28-19(18)20(24)22-14-6-9-17(27-3)16(21)12-14/h4-12H,1-3H3,(H,22,24). The van der Waals surface area contributed by atoms with Crippen LogP contribution in [0.15, 0.2) is 58.8 Å². The summed E-state index contributed by atoms with van der Waals surface area (Å²) in [7, 11) is -0.958. The summed E-state index contributed by atoms with van der Waals surface area (Å²) < 4.78 is 32.5. The molecule has 0 fully saturated rings. The number of aryl methyl sites for hydroxylation is 1. The van der Waals surface area contributed by atoms with Gasteiger partial charge in [-0.2, -0.15) is 0 Å². The van der Waals surface area contributed by atoms with Crippen molar-refractivity contribution >= 4 is 50.2 Å². The second-order valence-corrected chi connectivity index (χ2v) is 9.49. The van der Waals surface area contributed by atoms with E-state index >= 15 is 0 Å². The minimum Gasteiger partial charge on any atom is -0.495 e. The van der Waals surface area contributed by atoms with Crippen LogP contribution in [0.2, 0.25) is 5.02 Å². The van der Waals surface area contributed by atoms with E-state index in [-0.39, 0.29) is 9.77 Å². The monoisotopic (exact) mass is 450 g/mol. The molecule has 0 aliphatic heterocycles. The van der Waals surface area contributed by atoms with Crippen LogP contribution in [0.5, 0.6) is 5.75 Å². The highest BCUT2D eigenvalue weighted by molar-refractivity contribution is 7.93. The number of nitrogens with one attached hydrogen (secondary N) is 1. The van der Waals surface area contributed by atoms with E-state index in [1.807, 2.05) is 19.1 Å². The van der Waals surface area contributed by atoms with Gasteiger partial charge in [-0.3, -0.25) is 9.10 Å². The molecule has 0 bridgehead atoms. The summed E-state index contributed by atoms with van der Waals surface area (Å²) in [5.41, 5.74) is 1.97. The number of benzene rings is 2. The third kappa shape index (κ3) is 4.39. The lowest BCUT2D eigenvalue weighted by Crippen LogP contribution is -2.28. The molecule has 152 valence electrons. The van der Waals surface area contributed by atoms with Gasteiger partial charge in [0.05, 0.1) is 17.8 Å². The molecule has 2 aromatic carbocycles. The summed E-state index contributed by atoms with van der Waals surface area (Å²) in [6, 6.07) is 13.3. The first-order chi connectivity index (χ1) is 13.7. The molecular weight excluding hydrogens is 432 g/mol. The SMILES string of the molecule is COc1ccc(NC(=O)c2sccc2S(=O)(=O)N(C)c2ccc(C)cc2)cc1Cl. The number of carbonyl (C=O) groups is 1. The summed E-state index contributed by atoms with van der Waals surface area (Å²) in [6.45, 7) is 1.92. The molecule has 0 unspecified atom stereocenters. The molecule has 0 saturated carbocycles. The lowest BCUT2D eigenvalue weighted by atomic mass is 10.2. The number of carbonyl (C=O) groups excluding carboxylic acids is 1. The van der Waals surface area contributed by atoms with Crippen molar-refractivity contribution in [1.29, 1.82) is 0 Å². The van der Waals surface area contributed by atoms with Gasteiger partial charge in [-0.05, 0) is 48.7 Å². The number of sulfonamides is 1. The Balaban J connectivity index is 1.88. The van der Waals surface area contributed by atoms with Gasteiger partial charge in [0.25, 0.3) is 15.9 Å². The van der Waals surface area contributed by atoms with E-state index in [9.17, 15) is 13.2 Å². The van der Waals surface area contributed by atoms with E-state index in [0.29, 0.717) is 22.1 Å². The highest BCUT2D eigenvalue weighted by Gasteiger charge is 2.28. The second-order valence-electron chi connectivity index (χ2n) is 6.23. The van der Waals surface area contributed by atoms with Crippen LogP contribution in [0.4, 0.5) is 11.4 Å². The van der Waals surface area contributed by atoms with Crippen molar-refractivity contribution in [3.8, 4) is 5.75 Å². The molecule has 6 nitrogen and oxygen atoms in total. The molecule has 0 aliphatic carbocycles. The van der Waals surface area contributed by atoms with Crippen molar-refractivity contribution in [3.63, 3.8) is 0 Å². The van der Waals surface area contributed by atoms with E-state index in [0.717, 1.165) is 21.2 Å². The Morgan fingerprint density at radius 2 is 1.83 bits per heavy atom. The van der Waals surface area contributed by atoms with Gasteiger partial charge >= 0.3 is 0 Å². The van der Waals surface area contributed by atoms with Gasteiger partial charge in [-0.15, -0.1) is 11.3 Å². The van der Waals surface area contributed by atoms with E-state index in [1.165, 1.54) is 20.2 Å². The van der Waals surface area contributed by atoms with Gasteiger partial charge in [-0.1, -0.05) is 29.3 Å². The largest absolute Gasteiger partial charge is 0.495 e. The lowest BCUT2D eigenvalue weighted by Gasteiger charge is -2.20. The average Bonchev–Trinajstić information content (AvgIpc) is 3.19. The van der Waals surface area contributed by atoms with Crippen LogP contribution in [-0.2, 0) is 10.0 Å². The van der Waals surface area contributed by atoms with Gasteiger partial charge in [0, 0.05) is 12.7 Å². The molecule has 1 heterocycles. The first-order valence-corrected chi connectivity index (χ1v) is 11.2. The summed E-state index contributed by atoms with van der Waals surface area (Å²) in [4.78, 5) is 12.8. The molecule has 0 spiro atoms. The number of halogens is 1. The molecule has 1 amide bonds. The van der Waals surface area contributed by atoms with Crippen LogP contribution in [0.3, 0.4) is 0 Å². The smallest absolute Gasteiger partial charge is 0.267 e. The minimum atomic E-state index is -3.91. The predicted octanol–water partition coefficient (Wildman–Crippen LogP) is 4.80. The van der Waals surface area contributed by atoms with Gasteiger partial charge in [0.2, 0.25) is 0 Å². The molecule has 3 aromatic rings. The average molecular weight is 451 g/mol. The van der Waals surface area contributed by atoms with Crippen molar-refractivity contribution in [3.05, 3.63) is 69.4 Å². The third-order valence-corrected chi connectivity index (χ3v) is 7.45. The maximum atomic E-state index is 13.1. The molecule has 29 heavy (non-hydrogen) atoms. The molecular formula is C20H19ClN2O4S2. The Kier molecular flexibility index (Phi) is 6.16. The fraction of sp³-hybridized carbons (Fsp3) is 0.150. The van der Waals surface area contributed by atoms with Crippen LogP contribution in [-0.4, -0.2) is 28.5 Å². The van der Waals surface area contributed by atoms with Crippen LogP contribution in [0.1, 0.15) is 15.2 Å². The molecule has 1 aromatic heterocycles. The van der Waals surface area contributed by atoms with E-state index in [1.54, 1.807) is 35.7 Å². The maximum Gasteiger partial charge on any atom is 0.267 e. The number of amides is 1. The summed E-state index contributed by atoms with van der Waals surface area (Å²) in [6.07, 6.45) is 0. The van der Waals surface area contributed by atoms with Gasteiger partial charge < -0.3 is 10.1 Å². The molecule has 9 heteroatoms. The number of thiophene rings is 1. The summed E-state index contributed by atoms with van der Waals surface area (Å²) in [5, 5.41) is 4.60. The number of hydrogen-bond donors (Lipinski definition) is 1. The van der Waals surface area contributed by atoms with Gasteiger partial charge in [0.1, 0.15) is 15.5 Å². The van der Waals surface area contributed by atoms with Crippen LogP contribution >= 0.6 is 22.9 Å².